The molecule has 4 heteroatoms. The first-order valence-electron chi connectivity index (χ1n) is 12.9. The lowest BCUT2D eigenvalue weighted by Gasteiger charge is -2.64. The van der Waals surface area contributed by atoms with Gasteiger partial charge in [0.25, 0.3) is 0 Å². The smallest absolute Gasteiger partial charge is 0.223 e. The first kappa shape index (κ1) is 21.5. The number of carbonyl (C=O) groups is 1. The molecule has 1 heterocycles. The highest BCUT2D eigenvalue weighted by Gasteiger charge is 2.60. The van der Waals surface area contributed by atoms with Gasteiger partial charge in [0.15, 0.2) is 0 Å². The molecule has 0 radical (unpaired) electrons. The van der Waals surface area contributed by atoms with E-state index in [9.17, 15) is 4.79 Å². The van der Waals surface area contributed by atoms with E-state index in [0.29, 0.717) is 24.2 Å². The second-order valence-corrected chi connectivity index (χ2v) is 11.6. The Morgan fingerprint density at radius 2 is 1.55 bits per heavy atom. The fourth-order valence-corrected chi connectivity index (χ4v) is 8.31. The van der Waals surface area contributed by atoms with Gasteiger partial charge in [-0.3, -0.25) is 4.79 Å². The Kier molecular flexibility index (Phi) is 5.44. The molecule has 7 rings (SSSR count). The standard InChI is InChI=1S/C29H35ClN2O/c1-20-21-14-24-16-22(20)17-25(15-21)29(24,23-6-3-2-4-7-23)19-28(33)32-12-10-31(11-13-32)27-9-5-8-26(30)18-27/h2-9,18,20-22,24-25H,10-17,19H2,1H3. The number of carbonyl (C=O) groups excluding carboxylic acids is 1. The second-order valence-electron chi connectivity index (χ2n) is 11.1. The third-order valence-corrected chi connectivity index (χ3v) is 10.1. The summed E-state index contributed by atoms with van der Waals surface area (Å²) < 4.78 is 0. The van der Waals surface area contributed by atoms with Crippen LogP contribution in [0.15, 0.2) is 54.6 Å². The van der Waals surface area contributed by atoms with E-state index in [0.717, 1.165) is 54.6 Å². The summed E-state index contributed by atoms with van der Waals surface area (Å²) in [5, 5.41) is 0.770. The minimum absolute atomic E-state index is 0.0373. The molecule has 0 unspecified atom stereocenters. The van der Waals surface area contributed by atoms with Crippen molar-refractivity contribution in [2.24, 2.45) is 29.6 Å². The zero-order chi connectivity index (χ0) is 22.6. The maximum absolute atomic E-state index is 13.8. The predicted molar refractivity (Wildman–Crippen MR) is 135 cm³/mol. The molecule has 1 saturated heterocycles. The Morgan fingerprint density at radius 1 is 0.909 bits per heavy atom. The maximum atomic E-state index is 13.8. The van der Waals surface area contributed by atoms with Gasteiger partial charge in [-0.15, -0.1) is 0 Å². The number of rotatable bonds is 4. The highest BCUT2D eigenvalue weighted by atomic mass is 35.5. The zero-order valence-electron chi connectivity index (χ0n) is 19.6. The fourth-order valence-electron chi connectivity index (χ4n) is 8.12. The summed E-state index contributed by atoms with van der Waals surface area (Å²) in [6, 6.07) is 19.2. The van der Waals surface area contributed by atoms with Crippen LogP contribution in [-0.2, 0) is 10.2 Å². The summed E-state index contributed by atoms with van der Waals surface area (Å²) >= 11 is 6.20. The third kappa shape index (κ3) is 3.58. The van der Waals surface area contributed by atoms with Crippen molar-refractivity contribution in [3.8, 4) is 0 Å². The van der Waals surface area contributed by atoms with Gasteiger partial charge in [-0.25, -0.2) is 0 Å². The molecule has 2 aromatic rings. The van der Waals surface area contributed by atoms with Crippen LogP contribution in [0.4, 0.5) is 5.69 Å². The third-order valence-electron chi connectivity index (χ3n) is 9.85. The average molecular weight is 463 g/mol. The predicted octanol–water partition coefficient (Wildman–Crippen LogP) is 6.02. The fraction of sp³-hybridized carbons (Fsp3) is 0.552. The van der Waals surface area contributed by atoms with Gasteiger partial charge in [0.2, 0.25) is 5.91 Å². The van der Waals surface area contributed by atoms with Gasteiger partial charge >= 0.3 is 0 Å². The van der Waals surface area contributed by atoms with Crippen molar-refractivity contribution >= 4 is 23.2 Å². The van der Waals surface area contributed by atoms with Crippen molar-refractivity contribution < 1.29 is 4.79 Å². The molecule has 33 heavy (non-hydrogen) atoms. The lowest BCUT2D eigenvalue weighted by atomic mass is 9.41. The normalized spacial score (nSPS) is 35.2. The maximum Gasteiger partial charge on any atom is 0.223 e. The molecule has 5 aliphatic rings. The molecule has 4 bridgehead atoms. The van der Waals surface area contributed by atoms with E-state index in [1.165, 1.54) is 31.2 Å². The summed E-state index contributed by atoms with van der Waals surface area (Å²) in [4.78, 5) is 18.3. The highest BCUT2D eigenvalue weighted by molar-refractivity contribution is 6.30. The molecule has 4 saturated carbocycles. The largest absolute Gasteiger partial charge is 0.368 e. The van der Waals surface area contributed by atoms with Crippen LogP contribution in [0.1, 0.15) is 44.6 Å². The molecule has 1 aliphatic heterocycles. The van der Waals surface area contributed by atoms with Crippen molar-refractivity contribution in [1.29, 1.82) is 0 Å². The van der Waals surface area contributed by atoms with Crippen LogP contribution >= 0.6 is 11.6 Å². The molecule has 174 valence electrons. The molecule has 4 aliphatic carbocycles. The van der Waals surface area contributed by atoms with Crippen LogP contribution in [0.3, 0.4) is 0 Å². The number of anilines is 1. The number of piperazine rings is 1. The van der Waals surface area contributed by atoms with Gasteiger partial charge in [0.05, 0.1) is 0 Å². The van der Waals surface area contributed by atoms with E-state index in [4.69, 9.17) is 11.6 Å². The molecule has 5 fully saturated rings. The van der Waals surface area contributed by atoms with Gasteiger partial charge < -0.3 is 9.80 Å². The van der Waals surface area contributed by atoms with Gasteiger partial charge in [0.1, 0.15) is 0 Å². The van der Waals surface area contributed by atoms with Crippen LogP contribution in [0.2, 0.25) is 5.02 Å². The molecule has 3 nitrogen and oxygen atoms in total. The van der Waals surface area contributed by atoms with E-state index in [1.807, 2.05) is 18.2 Å². The van der Waals surface area contributed by atoms with Crippen molar-refractivity contribution in [2.75, 3.05) is 31.1 Å². The lowest BCUT2D eigenvalue weighted by molar-refractivity contribution is -0.142. The summed E-state index contributed by atoms with van der Waals surface area (Å²) in [5.74, 6) is 4.32. The molecule has 0 aromatic heterocycles. The van der Waals surface area contributed by atoms with E-state index in [2.05, 4.69) is 53.1 Å². The van der Waals surface area contributed by atoms with Crippen molar-refractivity contribution in [3.05, 3.63) is 65.2 Å². The Bertz CT molecular complexity index is 983. The Labute approximate surface area is 203 Å². The molecular weight excluding hydrogens is 428 g/mol. The number of halogens is 1. The number of hydrogen-bond acceptors (Lipinski definition) is 2. The molecular formula is C29H35ClN2O. The highest BCUT2D eigenvalue weighted by Crippen LogP contribution is 2.65. The quantitative estimate of drug-likeness (QED) is 0.554. The minimum Gasteiger partial charge on any atom is -0.368 e. The van der Waals surface area contributed by atoms with E-state index < -0.39 is 0 Å². The molecule has 1 amide bonds. The first-order chi connectivity index (χ1) is 16.0. The first-order valence-corrected chi connectivity index (χ1v) is 13.3. The zero-order valence-corrected chi connectivity index (χ0v) is 20.4. The van der Waals surface area contributed by atoms with Crippen LogP contribution in [0.5, 0.6) is 0 Å². The van der Waals surface area contributed by atoms with Crippen molar-refractivity contribution in [2.45, 2.75) is 44.4 Å². The second kappa shape index (κ2) is 8.34. The van der Waals surface area contributed by atoms with Crippen molar-refractivity contribution in [1.82, 2.24) is 4.90 Å². The Hall–Kier alpha value is -2.00. The van der Waals surface area contributed by atoms with E-state index >= 15 is 0 Å². The van der Waals surface area contributed by atoms with Crippen LogP contribution in [0, 0.1) is 29.6 Å². The van der Waals surface area contributed by atoms with Gasteiger partial charge in [-0.1, -0.05) is 54.9 Å². The van der Waals surface area contributed by atoms with Crippen molar-refractivity contribution in [3.63, 3.8) is 0 Å². The summed E-state index contributed by atoms with van der Waals surface area (Å²) in [5.41, 5.74) is 2.62. The monoisotopic (exact) mass is 462 g/mol. The van der Waals surface area contributed by atoms with Crippen LogP contribution < -0.4 is 4.90 Å². The SMILES string of the molecule is CC1C2CC3CC1CC(C2)C3(CC(=O)N1CCN(c2cccc(Cl)c2)CC1)c1ccccc1. The van der Waals surface area contributed by atoms with Gasteiger partial charge in [-0.05, 0) is 79.0 Å². The average Bonchev–Trinajstić information content (AvgIpc) is 2.83. The number of hydrogen-bond donors (Lipinski definition) is 0. The van der Waals surface area contributed by atoms with Crippen LogP contribution in [0.25, 0.3) is 0 Å². The number of amides is 1. The molecule has 0 N–H and O–H groups in total. The van der Waals surface area contributed by atoms with Gasteiger partial charge in [-0.2, -0.15) is 0 Å². The Morgan fingerprint density at radius 3 is 2.15 bits per heavy atom. The van der Waals surface area contributed by atoms with Crippen LogP contribution in [-0.4, -0.2) is 37.0 Å². The number of nitrogens with zero attached hydrogens (tertiary/aromatic N) is 2. The van der Waals surface area contributed by atoms with Gasteiger partial charge in [0, 0.05) is 48.7 Å². The molecule has 2 aromatic carbocycles. The summed E-state index contributed by atoms with van der Waals surface area (Å²) in [6.45, 7) is 5.83. The number of benzene rings is 2. The topological polar surface area (TPSA) is 23.6 Å². The van der Waals surface area contributed by atoms with E-state index in [-0.39, 0.29) is 5.41 Å². The lowest BCUT2D eigenvalue weighted by Crippen LogP contribution is -2.60. The minimum atomic E-state index is 0.0373. The van der Waals surface area contributed by atoms with E-state index in [1.54, 1.807) is 0 Å². The summed E-state index contributed by atoms with van der Waals surface area (Å²) in [7, 11) is 0. The summed E-state index contributed by atoms with van der Waals surface area (Å²) in [6.07, 6.45) is 5.97. The molecule has 0 spiro atoms. The molecule has 0 atom stereocenters. The Balaban J connectivity index is 1.22.